The number of alkyl halides is 2. The van der Waals surface area contributed by atoms with Crippen molar-refractivity contribution in [1.82, 2.24) is 5.32 Å². The van der Waals surface area contributed by atoms with Crippen molar-refractivity contribution in [3.8, 4) is 5.75 Å². The standard InChI is InChI=1S/C15H21F2NO3/c1-15(2,3)8-11(19)9-18-13(20)10-4-6-12(7-5-10)21-14(16)17/h4-7,11,14,19H,8-9H2,1-3H3,(H,18,20). The van der Waals surface area contributed by atoms with E-state index in [-0.39, 0.29) is 23.6 Å². The third-order valence-corrected chi connectivity index (χ3v) is 2.69. The van der Waals surface area contributed by atoms with Crippen LogP contribution < -0.4 is 10.1 Å². The fourth-order valence-corrected chi connectivity index (χ4v) is 1.88. The number of ether oxygens (including phenoxy) is 1. The van der Waals surface area contributed by atoms with Gasteiger partial charge in [-0.25, -0.2) is 0 Å². The molecule has 1 unspecified atom stereocenters. The Hall–Kier alpha value is -1.69. The second kappa shape index (κ2) is 7.36. The first-order chi connectivity index (χ1) is 9.67. The highest BCUT2D eigenvalue weighted by molar-refractivity contribution is 5.94. The predicted octanol–water partition coefficient (Wildman–Crippen LogP) is 2.81. The second-order valence-electron chi connectivity index (χ2n) is 6.03. The zero-order chi connectivity index (χ0) is 16.0. The molecule has 0 aliphatic carbocycles. The van der Waals surface area contributed by atoms with E-state index in [1.165, 1.54) is 24.3 Å². The molecule has 0 aliphatic rings. The minimum atomic E-state index is -2.89. The van der Waals surface area contributed by atoms with Crippen LogP contribution in [-0.4, -0.2) is 30.3 Å². The third kappa shape index (κ3) is 7.04. The lowest BCUT2D eigenvalue weighted by Crippen LogP contribution is -2.34. The summed E-state index contributed by atoms with van der Waals surface area (Å²) in [5, 5.41) is 12.4. The quantitative estimate of drug-likeness (QED) is 0.849. The first-order valence-corrected chi connectivity index (χ1v) is 6.68. The predicted molar refractivity (Wildman–Crippen MR) is 75.5 cm³/mol. The Labute approximate surface area is 123 Å². The number of hydrogen-bond donors (Lipinski definition) is 2. The van der Waals surface area contributed by atoms with Gasteiger partial charge in [0.25, 0.3) is 5.91 Å². The maximum Gasteiger partial charge on any atom is 0.387 e. The largest absolute Gasteiger partial charge is 0.435 e. The number of nitrogens with one attached hydrogen (secondary N) is 1. The average molecular weight is 301 g/mol. The van der Waals surface area contributed by atoms with E-state index in [0.29, 0.717) is 12.0 Å². The Morgan fingerprint density at radius 2 is 1.86 bits per heavy atom. The number of aliphatic hydroxyl groups excluding tert-OH is 1. The van der Waals surface area contributed by atoms with Crippen LogP contribution in [0.2, 0.25) is 0 Å². The molecular weight excluding hydrogens is 280 g/mol. The summed E-state index contributed by atoms with van der Waals surface area (Å²) in [5.41, 5.74) is 0.290. The topological polar surface area (TPSA) is 58.6 Å². The molecular formula is C15H21F2NO3. The lowest BCUT2D eigenvalue weighted by Gasteiger charge is -2.22. The molecule has 0 saturated carbocycles. The van der Waals surface area contributed by atoms with Crippen LogP contribution in [-0.2, 0) is 0 Å². The molecule has 0 aliphatic heterocycles. The number of hydrogen-bond acceptors (Lipinski definition) is 3. The van der Waals surface area contributed by atoms with E-state index in [1.54, 1.807) is 0 Å². The van der Waals surface area contributed by atoms with Crippen molar-refractivity contribution in [3.63, 3.8) is 0 Å². The second-order valence-corrected chi connectivity index (χ2v) is 6.03. The lowest BCUT2D eigenvalue weighted by molar-refractivity contribution is -0.0498. The number of carbonyl (C=O) groups excluding carboxylic acids is 1. The molecule has 2 N–H and O–H groups in total. The zero-order valence-electron chi connectivity index (χ0n) is 12.4. The van der Waals surface area contributed by atoms with Gasteiger partial charge >= 0.3 is 6.61 Å². The molecule has 0 radical (unpaired) electrons. The molecule has 0 fully saturated rings. The Bertz CT molecular complexity index is 455. The molecule has 1 aromatic rings. The molecule has 4 nitrogen and oxygen atoms in total. The highest BCUT2D eigenvalue weighted by atomic mass is 19.3. The Morgan fingerprint density at radius 1 is 1.29 bits per heavy atom. The molecule has 6 heteroatoms. The van der Waals surface area contributed by atoms with Gasteiger partial charge in [-0.1, -0.05) is 20.8 Å². The van der Waals surface area contributed by atoms with E-state index in [1.807, 2.05) is 20.8 Å². The third-order valence-electron chi connectivity index (χ3n) is 2.69. The zero-order valence-corrected chi connectivity index (χ0v) is 12.4. The van der Waals surface area contributed by atoms with Gasteiger partial charge in [-0.15, -0.1) is 0 Å². The molecule has 1 rings (SSSR count). The number of amides is 1. The molecule has 1 atom stereocenters. The summed E-state index contributed by atoms with van der Waals surface area (Å²) in [6.45, 7) is 3.25. The summed E-state index contributed by atoms with van der Waals surface area (Å²) in [7, 11) is 0. The summed E-state index contributed by atoms with van der Waals surface area (Å²) in [5.74, 6) is -0.374. The van der Waals surface area contributed by atoms with Gasteiger partial charge in [0.05, 0.1) is 6.10 Å². The van der Waals surface area contributed by atoms with E-state index >= 15 is 0 Å². The first-order valence-electron chi connectivity index (χ1n) is 6.68. The molecule has 0 bridgehead atoms. The summed E-state index contributed by atoms with van der Waals surface area (Å²) in [4.78, 5) is 11.8. The summed E-state index contributed by atoms with van der Waals surface area (Å²) >= 11 is 0. The lowest BCUT2D eigenvalue weighted by atomic mass is 9.89. The average Bonchev–Trinajstić information content (AvgIpc) is 2.34. The van der Waals surface area contributed by atoms with Crippen LogP contribution in [0.25, 0.3) is 0 Å². The highest BCUT2D eigenvalue weighted by Crippen LogP contribution is 2.20. The smallest absolute Gasteiger partial charge is 0.387 e. The Morgan fingerprint density at radius 3 is 2.33 bits per heavy atom. The van der Waals surface area contributed by atoms with Gasteiger partial charge in [-0.05, 0) is 36.1 Å². The number of aliphatic hydroxyl groups is 1. The van der Waals surface area contributed by atoms with Crippen LogP contribution in [0.3, 0.4) is 0 Å². The fraction of sp³-hybridized carbons (Fsp3) is 0.533. The molecule has 21 heavy (non-hydrogen) atoms. The van der Waals surface area contributed by atoms with Gasteiger partial charge in [0.2, 0.25) is 0 Å². The van der Waals surface area contributed by atoms with Gasteiger partial charge in [-0.3, -0.25) is 4.79 Å². The van der Waals surface area contributed by atoms with Gasteiger partial charge < -0.3 is 15.2 Å². The first kappa shape index (κ1) is 17.4. The van der Waals surface area contributed by atoms with Gasteiger partial charge in [-0.2, -0.15) is 8.78 Å². The van der Waals surface area contributed by atoms with Crippen LogP contribution in [0, 0.1) is 5.41 Å². The number of benzene rings is 1. The number of halogens is 2. The van der Waals surface area contributed by atoms with Crippen LogP contribution >= 0.6 is 0 Å². The number of carbonyl (C=O) groups is 1. The molecule has 0 heterocycles. The van der Waals surface area contributed by atoms with Crippen molar-refractivity contribution in [3.05, 3.63) is 29.8 Å². The molecule has 1 amide bonds. The van der Waals surface area contributed by atoms with Crippen LogP contribution in [0.5, 0.6) is 5.75 Å². The van der Waals surface area contributed by atoms with Crippen LogP contribution in [0.4, 0.5) is 8.78 Å². The van der Waals surface area contributed by atoms with Gasteiger partial charge in [0.15, 0.2) is 0 Å². The Balaban J connectivity index is 2.48. The van der Waals surface area contributed by atoms with Crippen molar-refractivity contribution in [2.75, 3.05) is 6.54 Å². The van der Waals surface area contributed by atoms with Crippen molar-refractivity contribution >= 4 is 5.91 Å². The normalized spacial score (nSPS) is 13.1. The van der Waals surface area contributed by atoms with Crippen molar-refractivity contribution in [2.24, 2.45) is 5.41 Å². The fourth-order valence-electron chi connectivity index (χ4n) is 1.88. The molecule has 118 valence electrons. The number of rotatable bonds is 6. The van der Waals surface area contributed by atoms with E-state index in [0.717, 1.165) is 0 Å². The van der Waals surface area contributed by atoms with E-state index in [9.17, 15) is 18.7 Å². The van der Waals surface area contributed by atoms with E-state index < -0.39 is 12.7 Å². The maximum atomic E-state index is 12.0. The van der Waals surface area contributed by atoms with Gasteiger partial charge in [0.1, 0.15) is 5.75 Å². The minimum absolute atomic E-state index is 0.00526. The SMILES string of the molecule is CC(C)(C)CC(O)CNC(=O)c1ccc(OC(F)F)cc1. The van der Waals surface area contributed by atoms with Crippen molar-refractivity contribution < 1.29 is 23.4 Å². The monoisotopic (exact) mass is 301 g/mol. The molecule has 0 aromatic heterocycles. The minimum Gasteiger partial charge on any atom is -0.435 e. The Kier molecular flexibility index (Phi) is 6.08. The van der Waals surface area contributed by atoms with E-state index in [4.69, 9.17) is 0 Å². The van der Waals surface area contributed by atoms with Crippen molar-refractivity contribution in [2.45, 2.75) is 39.9 Å². The summed E-state index contributed by atoms with van der Waals surface area (Å²) in [6.07, 6.45) is -0.0653. The molecule has 1 aromatic carbocycles. The van der Waals surface area contributed by atoms with E-state index in [2.05, 4.69) is 10.1 Å². The highest BCUT2D eigenvalue weighted by Gasteiger charge is 2.17. The molecule has 0 saturated heterocycles. The summed E-state index contributed by atoms with van der Waals surface area (Å²) < 4.78 is 28.2. The molecule has 0 spiro atoms. The van der Waals surface area contributed by atoms with Crippen LogP contribution in [0.15, 0.2) is 24.3 Å². The van der Waals surface area contributed by atoms with Crippen molar-refractivity contribution in [1.29, 1.82) is 0 Å². The van der Waals surface area contributed by atoms with Crippen LogP contribution in [0.1, 0.15) is 37.6 Å². The summed E-state index contributed by atoms with van der Waals surface area (Å²) in [6, 6.07) is 5.38. The van der Waals surface area contributed by atoms with Gasteiger partial charge in [0, 0.05) is 12.1 Å². The maximum absolute atomic E-state index is 12.0.